The van der Waals surface area contributed by atoms with Crippen LogP contribution in [0.5, 0.6) is 0 Å². The van der Waals surface area contributed by atoms with Crippen LogP contribution in [0.4, 0.5) is 0 Å². The second kappa shape index (κ2) is 6.79. The van der Waals surface area contributed by atoms with Gasteiger partial charge < -0.3 is 15.2 Å². The first-order chi connectivity index (χ1) is 6.79. The van der Waals surface area contributed by atoms with Crippen LogP contribution in [0.3, 0.4) is 0 Å². The first-order valence-electron chi connectivity index (χ1n) is 5.33. The van der Waals surface area contributed by atoms with Crippen LogP contribution in [-0.2, 0) is 9.53 Å². The van der Waals surface area contributed by atoms with Crippen molar-refractivity contribution < 1.29 is 14.6 Å². The Labute approximate surface area is 84.6 Å². The molecule has 14 heavy (non-hydrogen) atoms. The lowest BCUT2D eigenvalue weighted by Gasteiger charge is -2.08. The van der Waals surface area contributed by atoms with Gasteiger partial charge >= 0.3 is 5.97 Å². The molecule has 4 nitrogen and oxygen atoms in total. The van der Waals surface area contributed by atoms with E-state index in [1.807, 2.05) is 0 Å². The molecule has 0 aliphatic carbocycles. The SMILES string of the molecule is O=C(O)CCNCCCC1CCCO1. The number of ether oxygens (including phenoxy) is 1. The van der Waals surface area contributed by atoms with Gasteiger partial charge in [0.2, 0.25) is 0 Å². The molecule has 1 atom stereocenters. The summed E-state index contributed by atoms with van der Waals surface area (Å²) >= 11 is 0. The highest BCUT2D eigenvalue weighted by Crippen LogP contribution is 2.16. The molecule has 0 bridgehead atoms. The van der Waals surface area contributed by atoms with Crippen LogP contribution in [0.25, 0.3) is 0 Å². The fraction of sp³-hybridized carbons (Fsp3) is 0.900. The number of carboxylic acid groups (broad SMARTS) is 1. The summed E-state index contributed by atoms with van der Waals surface area (Å²) in [5, 5.41) is 11.5. The van der Waals surface area contributed by atoms with E-state index in [0.717, 1.165) is 26.0 Å². The van der Waals surface area contributed by atoms with Gasteiger partial charge in [0.05, 0.1) is 12.5 Å². The van der Waals surface area contributed by atoms with E-state index in [0.29, 0.717) is 12.6 Å². The van der Waals surface area contributed by atoms with E-state index in [2.05, 4.69) is 5.32 Å². The van der Waals surface area contributed by atoms with Crippen molar-refractivity contribution in [3.05, 3.63) is 0 Å². The highest BCUT2D eigenvalue weighted by Gasteiger charge is 2.14. The second-order valence-electron chi connectivity index (χ2n) is 3.67. The summed E-state index contributed by atoms with van der Waals surface area (Å²) in [6.07, 6.45) is 5.22. The Morgan fingerprint density at radius 2 is 2.36 bits per heavy atom. The molecule has 0 aromatic rings. The Morgan fingerprint density at radius 1 is 1.50 bits per heavy atom. The largest absolute Gasteiger partial charge is 0.481 e. The van der Waals surface area contributed by atoms with Crippen molar-refractivity contribution in [1.29, 1.82) is 0 Å². The molecule has 0 aromatic heterocycles. The number of carboxylic acids is 1. The van der Waals surface area contributed by atoms with Crippen LogP contribution in [0.15, 0.2) is 0 Å². The number of carbonyl (C=O) groups is 1. The molecule has 1 saturated heterocycles. The third kappa shape index (κ3) is 5.19. The molecule has 0 saturated carbocycles. The van der Waals surface area contributed by atoms with Gasteiger partial charge in [-0.25, -0.2) is 0 Å². The maximum absolute atomic E-state index is 10.2. The molecule has 0 aromatic carbocycles. The third-order valence-electron chi connectivity index (χ3n) is 2.42. The fourth-order valence-electron chi connectivity index (χ4n) is 1.65. The van der Waals surface area contributed by atoms with Crippen LogP contribution in [0.2, 0.25) is 0 Å². The topological polar surface area (TPSA) is 58.6 Å². The fourth-order valence-corrected chi connectivity index (χ4v) is 1.65. The number of rotatable bonds is 7. The van der Waals surface area contributed by atoms with Gasteiger partial charge in [-0.1, -0.05) is 0 Å². The predicted octanol–water partition coefficient (Wildman–Crippen LogP) is 1.01. The summed E-state index contributed by atoms with van der Waals surface area (Å²) in [5.74, 6) is -0.739. The van der Waals surface area contributed by atoms with E-state index < -0.39 is 5.97 Å². The summed E-state index contributed by atoms with van der Waals surface area (Å²) in [7, 11) is 0. The van der Waals surface area contributed by atoms with Crippen molar-refractivity contribution in [2.24, 2.45) is 0 Å². The Balaban J connectivity index is 1.82. The normalized spacial score (nSPS) is 21.3. The zero-order chi connectivity index (χ0) is 10.2. The van der Waals surface area contributed by atoms with Gasteiger partial charge in [0.15, 0.2) is 0 Å². The summed E-state index contributed by atoms with van der Waals surface area (Å²) < 4.78 is 5.48. The lowest BCUT2D eigenvalue weighted by molar-refractivity contribution is -0.136. The second-order valence-corrected chi connectivity index (χ2v) is 3.67. The molecule has 1 fully saturated rings. The smallest absolute Gasteiger partial charge is 0.304 e. The number of aliphatic carboxylic acids is 1. The van der Waals surface area contributed by atoms with Gasteiger partial charge in [-0.15, -0.1) is 0 Å². The number of hydrogen-bond acceptors (Lipinski definition) is 3. The minimum atomic E-state index is -0.739. The van der Waals surface area contributed by atoms with Crippen molar-refractivity contribution in [2.75, 3.05) is 19.7 Å². The quantitative estimate of drug-likeness (QED) is 0.603. The monoisotopic (exact) mass is 201 g/mol. The molecule has 1 rings (SSSR count). The van der Waals surface area contributed by atoms with Crippen molar-refractivity contribution >= 4 is 5.97 Å². The van der Waals surface area contributed by atoms with Crippen molar-refractivity contribution in [3.8, 4) is 0 Å². The van der Waals surface area contributed by atoms with E-state index in [1.54, 1.807) is 0 Å². The van der Waals surface area contributed by atoms with E-state index in [1.165, 1.54) is 12.8 Å². The number of nitrogens with one attached hydrogen (secondary N) is 1. The molecular formula is C10H19NO3. The highest BCUT2D eigenvalue weighted by atomic mass is 16.5. The molecular weight excluding hydrogens is 182 g/mol. The van der Waals surface area contributed by atoms with E-state index in [9.17, 15) is 4.79 Å². The van der Waals surface area contributed by atoms with E-state index in [-0.39, 0.29) is 6.42 Å². The minimum Gasteiger partial charge on any atom is -0.481 e. The first-order valence-corrected chi connectivity index (χ1v) is 5.33. The van der Waals surface area contributed by atoms with Gasteiger partial charge in [-0.3, -0.25) is 4.79 Å². The molecule has 0 spiro atoms. The van der Waals surface area contributed by atoms with Gasteiger partial charge in [0, 0.05) is 13.2 Å². The van der Waals surface area contributed by atoms with E-state index >= 15 is 0 Å². The first kappa shape index (κ1) is 11.5. The Bertz CT molecular complexity index is 167. The molecule has 1 heterocycles. The van der Waals surface area contributed by atoms with Crippen LogP contribution >= 0.6 is 0 Å². The van der Waals surface area contributed by atoms with Gasteiger partial charge in [-0.05, 0) is 32.2 Å². The van der Waals surface area contributed by atoms with Crippen LogP contribution in [0, 0.1) is 0 Å². The standard InChI is InChI=1S/C10H19NO3/c12-10(13)5-7-11-6-1-3-9-4-2-8-14-9/h9,11H,1-8H2,(H,12,13). The molecule has 1 aliphatic heterocycles. The van der Waals surface area contributed by atoms with Gasteiger partial charge in [-0.2, -0.15) is 0 Å². The Kier molecular flexibility index (Phi) is 5.56. The molecule has 0 radical (unpaired) electrons. The van der Waals surface area contributed by atoms with Crippen molar-refractivity contribution in [3.63, 3.8) is 0 Å². The molecule has 4 heteroatoms. The Hall–Kier alpha value is -0.610. The Morgan fingerprint density at radius 3 is 3.00 bits per heavy atom. The van der Waals surface area contributed by atoms with Crippen molar-refractivity contribution in [2.45, 2.75) is 38.2 Å². The van der Waals surface area contributed by atoms with Crippen molar-refractivity contribution in [1.82, 2.24) is 5.32 Å². The lowest BCUT2D eigenvalue weighted by atomic mass is 10.1. The highest BCUT2D eigenvalue weighted by molar-refractivity contribution is 5.66. The summed E-state index contributed by atoms with van der Waals surface area (Å²) in [6, 6.07) is 0. The van der Waals surface area contributed by atoms with Crippen LogP contribution in [-0.4, -0.2) is 36.9 Å². The van der Waals surface area contributed by atoms with Gasteiger partial charge in [0.25, 0.3) is 0 Å². The zero-order valence-corrected chi connectivity index (χ0v) is 8.50. The van der Waals surface area contributed by atoms with Crippen LogP contribution in [0.1, 0.15) is 32.1 Å². The summed E-state index contributed by atoms with van der Waals surface area (Å²) in [6.45, 7) is 2.38. The molecule has 1 unspecified atom stereocenters. The molecule has 82 valence electrons. The summed E-state index contributed by atoms with van der Waals surface area (Å²) in [4.78, 5) is 10.2. The average Bonchev–Trinajstić information content (AvgIpc) is 2.63. The summed E-state index contributed by atoms with van der Waals surface area (Å²) in [5.41, 5.74) is 0. The molecule has 1 aliphatic rings. The van der Waals surface area contributed by atoms with Crippen LogP contribution < -0.4 is 5.32 Å². The maximum atomic E-state index is 10.2. The van der Waals surface area contributed by atoms with Gasteiger partial charge in [0.1, 0.15) is 0 Å². The third-order valence-corrected chi connectivity index (χ3v) is 2.42. The number of hydrogen-bond donors (Lipinski definition) is 2. The predicted molar refractivity (Wildman–Crippen MR) is 53.3 cm³/mol. The van der Waals surface area contributed by atoms with E-state index in [4.69, 9.17) is 9.84 Å². The lowest BCUT2D eigenvalue weighted by Crippen LogP contribution is -2.20. The molecule has 2 N–H and O–H groups in total. The molecule has 0 amide bonds. The minimum absolute atomic E-state index is 0.208. The average molecular weight is 201 g/mol. The zero-order valence-electron chi connectivity index (χ0n) is 8.50. The maximum Gasteiger partial charge on any atom is 0.304 e.